The zero-order valence-electron chi connectivity index (χ0n) is 19.0. The lowest BCUT2D eigenvalue weighted by Crippen LogP contribution is -2.69. The smallest absolute Gasteiger partial charge is 0.264 e. The Morgan fingerprint density at radius 2 is 1.79 bits per heavy atom. The molecule has 1 N–H and O–H groups in total. The van der Waals surface area contributed by atoms with Gasteiger partial charge in [-0.15, -0.1) is 0 Å². The summed E-state index contributed by atoms with van der Waals surface area (Å²) in [5.41, 5.74) is 0.781. The van der Waals surface area contributed by atoms with Crippen LogP contribution in [0, 0.1) is 11.8 Å². The number of nitrogens with one attached hydrogen (secondary N) is 1. The summed E-state index contributed by atoms with van der Waals surface area (Å²) >= 11 is 0. The van der Waals surface area contributed by atoms with E-state index in [-0.39, 0.29) is 29.0 Å². The zero-order valence-corrected chi connectivity index (χ0v) is 19.0. The van der Waals surface area contributed by atoms with Crippen LogP contribution in [0.1, 0.15) is 66.2 Å². The van der Waals surface area contributed by atoms with E-state index >= 15 is 0 Å². The molecular formula is C25H30N4O4. The summed E-state index contributed by atoms with van der Waals surface area (Å²) < 4.78 is 0. The molecule has 5 aliphatic rings. The minimum absolute atomic E-state index is 0.0806. The van der Waals surface area contributed by atoms with Gasteiger partial charge in [0.25, 0.3) is 11.8 Å². The number of piperidine rings is 4. The standard InChI is InChI=1S/C25H30N4O4/c1-14(30)26-18-8-2-6-17-21(18)25(33)29(23(17)31)20-10-9-19-16-7-4-12-27-11-3-5-15(22(16)27)13-28(19)24(20)32/h2,6,8,15-16,19-20,22H,3-5,7,9-13H2,1H3,(H,26,30)/t15-,16+,19+,20?,22-/m0/s1. The molecular weight excluding hydrogens is 420 g/mol. The molecule has 1 aromatic rings. The first-order valence-electron chi connectivity index (χ1n) is 12.3. The Morgan fingerprint density at radius 1 is 1.00 bits per heavy atom. The van der Waals surface area contributed by atoms with Crippen LogP contribution in [0.25, 0.3) is 0 Å². The Bertz CT molecular complexity index is 1050. The van der Waals surface area contributed by atoms with Gasteiger partial charge in [0.05, 0.1) is 16.8 Å². The summed E-state index contributed by atoms with van der Waals surface area (Å²) in [4.78, 5) is 57.9. The van der Waals surface area contributed by atoms with Crippen molar-refractivity contribution >= 4 is 29.3 Å². The lowest BCUT2D eigenvalue weighted by Gasteiger charge is -2.59. The third kappa shape index (κ3) is 3.06. The lowest BCUT2D eigenvalue weighted by atomic mass is 9.67. The summed E-state index contributed by atoms with van der Waals surface area (Å²) in [5, 5.41) is 2.65. The molecule has 0 bridgehead atoms. The molecule has 4 saturated heterocycles. The average Bonchev–Trinajstić information content (AvgIpc) is 3.05. The number of nitrogens with zero attached hydrogens (tertiary/aromatic N) is 3. The fourth-order valence-corrected chi connectivity index (χ4v) is 7.38. The maximum absolute atomic E-state index is 13.8. The van der Waals surface area contributed by atoms with Gasteiger partial charge in [-0.2, -0.15) is 0 Å². The predicted molar refractivity (Wildman–Crippen MR) is 121 cm³/mol. The molecule has 6 rings (SSSR count). The number of hydrogen-bond donors (Lipinski definition) is 1. The van der Waals surface area contributed by atoms with E-state index in [1.54, 1.807) is 18.2 Å². The molecule has 0 aromatic heterocycles. The van der Waals surface area contributed by atoms with E-state index in [9.17, 15) is 19.2 Å². The molecule has 0 radical (unpaired) electrons. The van der Waals surface area contributed by atoms with E-state index in [0.717, 1.165) is 30.7 Å². The van der Waals surface area contributed by atoms with Gasteiger partial charge in [0, 0.05) is 25.6 Å². The van der Waals surface area contributed by atoms with Gasteiger partial charge in [0.15, 0.2) is 0 Å². The number of fused-ring (bicyclic) bond motifs is 3. The van der Waals surface area contributed by atoms with Crippen LogP contribution in [0.15, 0.2) is 18.2 Å². The molecule has 5 aliphatic heterocycles. The maximum Gasteiger partial charge on any atom is 0.264 e. The monoisotopic (exact) mass is 450 g/mol. The highest BCUT2D eigenvalue weighted by molar-refractivity contribution is 6.25. The van der Waals surface area contributed by atoms with Gasteiger partial charge in [-0.05, 0) is 75.6 Å². The Kier molecular flexibility index (Phi) is 4.83. The van der Waals surface area contributed by atoms with Gasteiger partial charge in [-0.1, -0.05) is 6.07 Å². The SMILES string of the molecule is CC(=O)Nc1cccc2c1C(=O)N(C1CC[C@@H]3[C@H]4CCCN5CCC[C@@H](CN3C1=O)[C@@H]45)C2=O. The van der Waals surface area contributed by atoms with Crippen molar-refractivity contribution in [3.63, 3.8) is 0 Å². The molecule has 4 fully saturated rings. The Morgan fingerprint density at radius 3 is 2.58 bits per heavy atom. The number of amides is 4. The highest BCUT2D eigenvalue weighted by Gasteiger charge is 2.54. The topological polar surface area (TPSA) is 90.0 Å². The molecule has 5 atom stereocenters. The van der Waals surface area contributed by atoms with Crippen molar-refractivity contribution < 1.29 is 19.2 Å². The van der Waals surface area contributed by atoms with Gasteiger partial charge in [0.2, 0.25) is 11.8 Å². The van der Waals surface area contributed by atoms with Crippen LogP contribution in [-0.4, -0.2) is 76.1 Å². The van der Waals surface area contributed by atoms with Crippen LogP contribution < -0.4 is 5.32 Å². The number of carbonyl (C=O) groups is 4. The van der Waals surface area contributed by atoms with Gasteiger partial charge in [0.1, 0.15) is 6.04 Å². The summed E-state index contributed by atoms with van der Waals surface area (Å²) in [6.07, 6.45) is 5.99. The fourth-order valence-electron chi connectivity index (χ4n) is 7.38. The molecule has 4 amide bonds. The molecule has 174 valence electrons. The third-order valence-electron chi connectivity index (χ3n) is 8.54. The van der Waals surface area contributed by atoms with Crippen molar-refractivity contribution in [2.75, 3.05) is 25.0 Å². The van der Waals surface area contributed by atoms with E-state index in [4.69, 9.17) is 0 Å². The second kappa shape index (κ2) is 7.65. The minimum Gasteiger partial charge on any atom is -0.337 e. The number of carbonyl (C=O) groups excluding carboxylic acids is 4. The fraction of sp³-hybridized carbons (Fsp3) is 0.600. The van der Waals surface area contributed by atoms with E-state index < -0.39 is 17.9 Å². The second-order valence-corrected chi connectivity index (χ2v) is 10.3. The molecule has 8 heteroatoms. The van der Waals surface area contributed by atoms with Crippen LogP contribution in [0.3, 0.4) is 0 Å². The first-order valence-corrected chi connectivity index (χ1v) is 12.3. The average molecular weight is 451 g/mol. The molecule has 1 aromatic carbocycles. The van der Waals surface area contributed by atoms with Crippen LogP contribution in [-0.2, 0) is 9.59 Å². The van der Waals surface area contributed by atoms with Crippen LogP contribution >= 0.6 is 0 Å². The number of imide groups is 1. The third-order valence-corrected chi connectivity index (χ3v) is 8.54. The predicted octanol–water partition coefficient (Wildman–Crippen LogP) is 2.10. The first-order chi connectivity index (χ1) is 16.0. The highest BCUT2D eigenvalue weighted by atomic mass is 16.2. The van der Waals surface area contributed by atoms with E-state index in [0.29, 0.717) is 30.0 Å². The molecule has 0 aliphatic carbocycles. The summed E-state index contributed by atoms with van der Waals surface area (Å²) in [5.74, 6) is -0.325. The molecule has 5 heterocycles. The van der Waals surface area contributed by atoms with Crippen LogP contribution in [0.5, 0.6) is 0 Å². The van der Waals surface area contributed by atoms with Crippen molar-refractivity contribution in [1.29, 1.82) is 0 Å². The van der Waals surface area contributed by atoms with E-state index in [2.05, 4.69) is 10.2 Å². The van der Waals surface area contributed by atoms with Crippen molar-refractivity contribution in [3.05, 3.63) is 29.3 Å². The second-order valence-electron chi connectivity index (χ2n) is 10.3. The number of hydrogen-bond acceptors (Lipinski definition) is 5. The van der Waals surface area contributed by atoms with Crippen molar-refractivity contribution in [3.8, 4) is 0 Å². The molecule has 33 heavy (non-hydrogen) atoms. The minimum atomic E-state index is -0.765. The zero-order chi connectivity index (χ0) is 22.9. The lowest BCUT2D eigenvalue weighted by molar-refractivity contribution is -0.156. The summed E-state index contributed by atoms with van der Waals surface area (Å²) in [6, 6.07) is 4.90. The van der Waals surface area contributed by atoms with E-state index in [1.165, 1.54) is 32.9 Å². The molecule has 0 saturated carbocycles. The number of anilines is 1. The molecule has 8 nitrogen and oxygen atoms in total. The van der Waals surface area contributed by atoms with Crippen molar-refractivity contribution in [2.45, 2.75) is 63.6 Å². The highest BCUT2D eigenvalue weighted by Crippen LogP contribution is 2.46. The van der Waals surface area contributed by atoms with Gasteiger partial charge in [-0.3, -0.25) is 29.0 Å². The Hall–Kier alpha value is -2.74. The van der Waals surface area contributed by atoms with Crippen molar-refractivity contribution in [2.24, 2.45) is 11.8 Å². The molecule has 0 spiro atoms. The van der Waals surface area contributed by atoms with Crippen molar-refractivity contribution in [1.82, 2.24) is 14.7 Å². The molecule has 1 unspecified atom stereocenters. The summed E-state index contributed by atoms with van der Waals surface area (Å²) in [6.45, 7) is 4.45. The normalized spacial score (nSPS) is 33.5. The maximum atomic E-state index is 13.8. The number of benzene rings is 1. The van der Waals surface area contributed by atoms with Gasteiger partial charge >= 0.3 is 0 Å². The number of rotatable bonds is 2. The quantitative estimate of drug-likeness (QED) is 0.697. The van der Waals surface area contributed by atoms with Crippen LogP contribution in [0.2, 0.25) is 0 Å². The summed E-state index contributed by atoms with van der Waals surface area (Å²) in [7, 11) is 0. The largest absolute Gasteiger partial charge is 0.337 e. The van der Waals surface area contributed by atoms with Gasteiger partial charge < -0.3 is 10.2 Å². The van der Waals surface area contributed by atoms with Gasteiger partial charge in [-0.25, -0.2) is 0 Å². The first kappa shape index (κ1) is 20.8. The Labute approximate surface area is 193 Å². The van der Waals surface area contributed by atoms with E-state index in [1.807, 2.05) is 4.90 Å². The van der Waals surface area contributed by atoms with Crippen LogP contribution in [0.4, 0.5) is 5.69 Å². The Balaban J connectivity index is 1.29.